The molecule has 0 aromatic heterocycles. The minimum Gasteiger partial charge on any atom is -0.377 e. The average molecular weight is 326 g/mol. The van der Waals surface area contributed by atoms with Gasteiger partial charge in [-0.1, -0.05) is 34.1 Å². The van der Waals surface area contributed by atoms with Crippen molar-refractivity contribution in [1.29, 1.82) is 0 Å². The predicted octanol–water partition coefficient (Wildman–Crippen LogP) is 3.68. The lowest BCUT2D eigenvalue weighted by atomic mass is 10.0. The number of halogens is 1. The largest absolute Gasteiger partial charge is 0.377 e. The van der Waals surface area contributed by atoms with Crippen LogP contribution in [0, 0.1) is 13.8 Å². The summed E-state index contributed by atoms with van der Waals surface area (Å²) in [6, 6.07) is 6.58. The number of ether oxygens (including phenoxy) is 1. The number of hydrogen-bond acceptors (Lipinski definition) is 2. The maximum atomic E-state index is 5.80. The Morgan fingerprint density at radius 2 is 1.84 bits per heavy atom. The molecular weight excluding hydrogens is 302 g/mol. The number of benzene rings is 1. The fraction of sp³-hybridized carbons (Fsp3) is 0.625. The Morgan fingerprint density at radius 1 is 1.21 bits per heavy atom. The second-order valence-corrected chi connectivity index (χ2v) is 6.20. The SMILES string of the molecule is Cc1cccc(C)c1CN1CCC(OCCBr)CC1. The van der Waals surface area contributed by atoms with Crippen molar-refractivity contribution in [3.63, 3.8) is 0 Å². The highest BCUT2D eigenvalue weighted by Crippen LogP contribution is 2.20. The number of piperidine rings is 1. The van der Waals surface area contributed by atoms with Crippen molar-refractivity contribution in [3.8, 4) is 0 Å². The summed E-state index contributed by atoms with van der Waals surface area (Å²) < 4.78 is 5.80. The fourth-order valence-electron chi connectivity index (χ4n) is 2.77. The van der Waals surface area contributed by atoms with Crippen LogP contribution in [0.4, 0.5) is 0 Å². The number of likely N-dealkylation sites (tertiary alicyclic amines) is 1. The fourth-order valence-corrected chi connectivity index (χ4v) is 2.95. The van der Waals surface area contributed by atoms with E-state index in [9.17, 15) is 0 Å². The highest BCUT2D eigenvalue weighted by atomic mass is 79.9. The van der Waals surface area contributed by atoms with E-state index in [1.165, 1.54) is 16.7 Å². The molecule has 1 aromatic carbocycles. The normalized spacial score (nSPS) is 17.8. The van der Waals surface area contributed by atoms with E-state index >= 15 is 0 Å². The minimum atomic E-state index is 0.465. The molecule has 1 fully saturated rings. The standard InChI is InChI=1S/C16H24BrNO/c1-13-4-3-5-14(2)16(13)12-18-9-6-15(7-10-18)19-11-8-17/h3-5,15H,6-12H2,1-2H3. The van der Waals surface area contributed by atoms with Crippen LogP contribution in [-0.4, -0.2) is 36.0 Å². The monoisotopic (exact) mass is 325 g/mol. The van der Waals surface area contributed by atoms with Gasteiger partial charge < -0.3 is 4.74 Å². The minimum absolute atomic E-state index is 0.465. The Balaban J connectivity index is 1.85. The summed E-state index contributed by atoms with van der Waals surface area (Å²) in [6.45, 7) is 8.66. The van der Waals surface area contributed by atoms with E-state index in [0.29, 0.717) is 6.10 Å². The van der Waals surface area contributed by atoms with Gasteiger partial charge in [0, 0.05) is 25.0 Å². The molecule has 0 unspecified atom stereocenters. The molecule has 0 bridgehead atoms. The van der Waals surface area contributed by atoms with Gasteiger partial charge in [0.25, 0.3) is 0 Å². The Kier molecular flexibility index (Phi) is 5.86. The van der Waals surface area contributed by atoms with Crippen molar-refractivity contribution >= 4 is 15.9 Å². The zero-order valence-electron chi connectivity index (χ0n) is 12.0. The third kappa shape index (κ3) is 4.30. The molecule has 19 heavy (non-hydrogen) atoms. The summed E-state index contributed by atoms with van der Waals surface area (Å²) in [4.78, 5) is 2.56. The van der Waals surface area contributed by atoms with Gasteiger partial charge in [-0.15, -0.1) is 0 Å². The molecule has 0 amide bonds. The Morgan fingerprint density at radius 3 is 2.42 bits per heavy atom. The van der Waals surface area contributed by atoms with Gasteiger partial charge in [-0.05, 0) is 43.4 Å². The Hall–Kier alpha value is -0.380. The number of rotatable bonds is 5. The van der Waals surface area contributed by atoms with Gasteiger partial charge in [0.1, 0.15) is 0 Å². The van der Waals surface area contributed by atoms with Crippen LogP contribution in [0.2, 0.25) is 0 Å². The molecule has 0 aliphatic carbocycles. The lowest BCUT2D eigenvalue weighted by molar-refractivity contribution is 0.0141. The first-order valence-electron chi connectivity index (χ1n) is 7.15. The molecule has 0 N–H and O–H groups in total. The third-order valence-electron chi connectivity index (χ3n) is 3.99. The zero-order chi connectivity index (χ0) is 13.7. The molecule has 1 aromatic rings. The Bertz CT molecular complexity index is 379. The Labute approximate surface area is 125 Å². The van der Waals surface area contributed by atoms with E-state index in [-0.39, 0.29) is 0 Å². The summed E-state index contributed by atoms with van der Waals surface area (Å²) in [7, 11) is 0. The van der Waals surface area contributed by atoms with Crippen LogP contribution in [0.25, 0.3) is 0 Å². The van der Waals surface area contributed by atoms with E-state index in [4.69, 9.17) is 4.74 Å². The number of nitrogens with zero attached hydrogens (tertiary/aromatic N) is 1. The molecule has 1 aliphatic heterocycles. The molecule has 2 rings (SSSR count). The van der Waals surface area contributed by atoms with E-state index in [1.54, 1.807) is 0 Å². The molecule has 0 atom stereocenters. The van der Waals surface area contributed by atoms with Crippen LogP contribution < -0.4 is 0 Å². The second-order valence-electron chi connectivity index (χ2n) is 5.41. The molecule has 0 saturated carbocycles. The van der Waals surface area contributed by atoms with Crippen molar-refractivity contribution < 1.29 is 4.74 Å². The van der Waals surface area contributed by atoms with Crippen LogP contribution in [0.3, 0.4) is 0 Å². The van der Waals surface area contributed by atoms with E-state index in [2.05, 4.69) is 52.9 Å². The summed E-state index contributed by atoms with van der Waals surface area (Å²) in [5.41, 5.74) is 4.33. The lowest BCUT2D eigenvalue weighted by Crippen LogP contribution is -2.37. The number of hydrogen-bond donors (Lipinski definition) is 0. The van der Waals surface area contributed by atoms with Crippen molar-refractivity contribution in [3.05, 3.63) is 34.9 Å². The first-order chi connectivity index (χ1) is 9.20. The second kappa shape index (κ2) is 7.41. The van der Waals surface area contributed by atoms with E-state index in [0.717, 1.165) is 44.4 Å². The van der Waals surface area contributed by atoms with Gasteiger partial charge in [0.05, 0.1) is 12.7 Å². The van der Waals surface area contributed by atoms with Gasteiger partial charge >= 0.3 is 0 Å². The number of alkyl halides is 1. The van der Waals surface area contributed by atoms with Crippen LogP contribution in [-0.2, 0) is 11.3 Å². The third-order valence-corrected chi connectivity index (χ3v) is 4.32. The van der Waals surface area contributed by atoms with E-state index < -0.39 is 0 Å². The highest BCUT2D eigenvalue weighted by molar-refractivity contribution is 9.09. The molecule has 2 nitrogen and oxygen atoms in total. The average Bonchev–Trinajstić information content (AvgIpc) is 2.42. The van der Waals surface area contributed by atoms with Crippen LogP contribution in [0.1, 0.15) is 29.5 Å². The molecule has 3 heteroatoms. The molecule has 1 aliphatic rings. The lowest BCUT2D eigenvalue weighted by Gasteiger charge is -2.32. The van der Waals surface area contributed by atoms with Gasteiger partial charge in [-0.25, -0.2) is 0 Å². The van der Waals surface area contributed by atoms with Crippen LogP contribution >= 0.6 is 15.9 Å². The van der Waals surface area contributed by atoms with Crippen LogP contribution in [0.5, 0.6) is 0 Å². The summed E-state index contributed by atoms with van der Waals surface area (Å²) in [6.07, 6.45) is 2.79. The topological polar surface area (TPSA) is 12.5 Å². The predicted molar refractivity (Wildman–Crippen MR) is 84.0 cm³/mol. The molecule has 106 valence electrons. The highest BCUT2D eigenvalue weighted by Gasteiger charge is 2.20. The van der Waals surface area contributed by atoms with Crippen molar-refractivity contribution in [2.45, 2.75) is 39.3 Å². The quantitative estimate of drug-likeness (QED) is 0.766. The maximum absolute atomic E-state index is 5.80. The van der Waals surface area contributed by atoms with Gasteiger partial charge in [-0.2, -0.15) is 0 Å². The zero-order valence-corrected chi connectivity index (χ0v) is 13.6. The summed E-state index contributed by atoms with van der Waals surface area (Å²) in [5, 5.41) is 0.940. The van der Waals surface area contributed by atoms with Crippen molar-refractivity contribution in [1.82, 2.24) is 4.90 Å². The van der Waals surface area contributed by atoms with Crippen LogP contribution in [0.15, 0.2) is 18.2 Å². The molecule has 1 heterocycles. The summed E-state index contributed by atoms with van der Waals surface area (Å²) >= 11 is 3.41. The maximum Gasteiger partial charge on any atom is 0.0599 e. The van der Waals surface area contributed by atoms with Gasteiger partial charge in [-0.3, -0.25) is 4.90 Å². The van der Waals surface area contributed by atoms with E-state index in [1.807, 2.05) is 0 Å². The van der Waals surface area contributed by atoms with Gasteiger partial charge in [0.15, 0.2) is 0 Å². The summed E-state index contributed by atoms with van der Waals surface area (Å²) in [5.74, 6) is 0. The first kappa shape index (κ1) is 15.0. The molecular formula is C16H24BrNO. The molecule has 0 spiro atoms. The smallest absolute Gasteiger partial charge is 0.0599 e. The van der Waals surface area contributed by atoms with Crippen molar-refractivity contribution in [2.75, 3.05) is 25.0 Å². The molecule has 0 radical (unpaired) electrons. The number of aryl methyl sites for hydroxylation is 2. The van der Waals surface area contributed by atoms with Gasteiger partial charge in [0.2, 0.25) is 0 Å². The first-order valence-corrected chi connectivity index (χ1v) is 8.28. The molecule has 1 saturated heterocycles. The van der Waals surface area contributed by atoms with Crippen molar-refractivity contribution in [2.24, 2.45) is 0 Å².